The fourth-order valence-electron chi connectivity index (χ4n) is 3.17. The Hall–Kier alpha value is -2.00. The fraction of sp³-hybridized carbons (Fsp3) is 0.333. The minimum Gasteiger partial charge on any atom is -0.496 e. The van der Waals surface area contributed by atoms with Crippen LogP contribution in [0.15, 0.2) is 42.5 Å². The highest BCUT2D eigenvalue weighted by Crippen LogP contribution is 2.44. The largest absolute Gasteiger partial charge is 0.496 e. The minimum absolute atomic E-state index is 0.408. The van der Waals surface area contributed by atoms with E-state index in [1.54, 1.807) is 14.2 Å². The molecule has 3 nitrogen and oxygen atoms in total. The molecule has 110 valence electrons. The Bertz CT molecular complexity index is 614. The van der Waals surface area contributed by atoms with Crippen LogP contribution in [-0.4, -0.2) is 19.3 Å². The van der Waals surface area contributed by atoms with Gasteiger partial charge in [0.25, 0.3) is 0 Å². The molecular weight excluding hydrogens is 264 g/mol. The molecular formula is C18H20O3. The van der Waals surface area contributed by atoms with Gasteiger partial charge in [-0.25, -0.2) is 0 Å². The maximum Gasteiger partial charge on any atom is 0.128 e. The van der Waals surface area contributed by atoms with Crippen LogP contribution in [0.2, 0.25) is 0 Å². The van der Waals surface area contributed by atoms with E-state index in [1.165, 1.54) is 11.1 Å². The van der Waals surface area contributed by atoms with Gasteiger partial charge in [-0.2, -0.15) is 0 Å². The lowest BCUT2D eigenvalue weighted by atomic mass is 9.74. The number of fused-ring (bicyclic) bond motifs is 1. The lowest BCUT2D eigenvalue weighted by Crippen LogP contribution is -2.19. The monoisotopic (exact) mass is 284 g/mol. The predicted molar refractivity (Wildman–Crippen MR) is 82.0 cm³/mol. The van der Waals surface area contributed by atoms with Gasteiger partial charge in [-0.05, 0) is 42.0 Å². The number of methoxy groups -OCH3 is 2. The second-order valence-corrected chi connectivity index (χ2v) is 5.43. The quantitative estimate of drug-likeness (QED) is 0.913. The van der Waals surface area contributed by atoms with Crippen molar-refractivity contribution in [3.05, 3.63) is 59.2 Å². The van der Waals surface area contributed by atoms with Crippen LogP contribution in [-0.2, 0) is 6.42 Å². The van der Waals surface area contributed by atoms with E-state index in [0.29, 0.717) is 23.8 Å². The molecule has 0 saturated heterocycles. The Balaban J connectivity index is 1.82. The zero-order valence-corrected chi connectivity index (χ0v) is 12.4. The second kappa shape index (κ2) is 5.78. The van der Waals surface area contributed by atoms with E-state index >= 15 is 0 Å². The third-order valence-electron chi connectivity index (χ3n) is 4.27. The van der Waals surface area contributed by atoms with Crippen LogP contribution in [0.1, 0.15) is 35.1 Å². The molecule has 1 N–H and O–H groups in total. The highest BCUT2D eigenvalue weighted by molar-refractivity contribution is 5.47. The second-order valence-electron chi connectivity index (χ2n) is 5.43. The van der Waals surface area contributed by atoms with Gasteiger partial charge >= 0.3 is 0 Å². The molecule has 2 unspecified atom stereocenters. The summed E-state index contributed by atoms with van der Waals surface area (Å²) in [5, 5.41) is 10.6. The molecule has 21 heavy (non-hydrogen) atoms. The number of benzene rings is 2. The molecule has 2 atom stereocenters. The molecule has 2 aromatic rings. The molecule has 0 aromatic heterocycles. The van der Waals surface area contributed by atoms with Crippen molar-refractivity contribution in [2.24, 2.45) is 0 Å². The van der Waals surface area contributed by atoms with Crippen molar-refractivity contribution >= 4 is 0 Å². The number of aliphatic hydroxyl groups is 1. The standard InChI is InChI=1S/C18H20O3/c1-20-16-8-5-9-17(21-2)18(16)15(19)11-13-10-12-6-3-4-7-14(12)13/h3-9,13,15,19H,10-11H2,1-2H3. The topological polar surface area (TPSA) is 38.7 Å². The van der Waals surface area contributed by atoms with E-state index in [-0.39, 0.29) is 0 Å². The zero-order valence-electron chi connectivity index (χ0n) is 12.4. The molecule has 0 radical (unpaired) electrons. The molecule has 0 bridgehead atoms. The molecule has 0 spiro atoms. The Morgan fingerprint density at radius 1 is 1.05 bits per heavy atom. The molecule has 0 fully saturated rings. The number of rotatable bonds is 5. The Labute approximate surface area is 125 Å². The number of aliphatic hydroxyl groups excluding tert-OH is 1. The van der Waals surface area contributed by atoms with Crippen LogP contribution in [0.3, 0.4) is 0 Å². The van der Waals surface area contributed by atoms with Gasteiger partial charge in [-0.3, -0.25) is 0 Å². The summed E-state index contributed by atoms with van der Waals surface area (Å²) in [6.07, 6.45) is 1.13. The van der Waals surface area contributed by atoms with Crippen LogP contribution < -0.4 is 9.47 Å². The summed E-state index contributed by atoms with van der Waals surface area (Å²) >= 11 is 0. The van der Waals surface area contributed by atoms with E-state index in [9.17, 15) is 5.11 Å². The first-order valence-electron chi connectivity index (χ1n) is 7.21. The summed E-state index contributed by atoms with van der Waals surface area (Å²) in [7, 11) is 3.23. The molecule has 0 heterocycles. The van der Waals surface area contributed by atoms with Crippen molar-refractivity contribution in [1.29, 1.82) is 0 Å². The van der Waals surface area contributed by atoms with Gasteiger partial charge in [0.15, 0.2) is 0 Å². The first-order valence-corrected chi connectivity index (χ1v) is 7.21. The van der Waals surface area contributed by atoms with Gasteiger partial charge in [0.05, 0.1) is 25.9 Å². The van der Waals surface area contributed by atoms with Crippen LogP contribution in [0.25, 0.3) is 0 Å². The molecule has 0 saturated carbocycles. The summed E-state index contributed by atoms with van der Waals surface area (Å²) in [6.45, 7) is 0. The lowest BCUT2D eigenvalue weighted by molar-refractivity contribution is 0.146. The molecule has 0 aliphatic heterocycles. The van der Waals surface area contributed by atoms with Crippen molar-refractivity contribution in [3.63, 3.8) is 0 Å². The smallest absolute Gasteiger partial charge is 0.128 e. The van der Waals surface area contributed by atoms with Gasteiger partial charge in [0.1, 0.15) is 11.5 Å². The van der Waals surface area contributed by atoms with Crippen LogP contribution in [0.4, 0.5) is 0 Å². The van der Waals surface area contributed by atoms with E-state index in [0.717, 1.165) is 12.0 Å². The molecule has 2 aromatic carbocycles. The molecule has 1 aliphatic carbocycles. The summed E-state index contributed by atoms with van der Waals surface area (Å²) in [5.74, 6) is 1.76. The van der Waals surface area contributed by atoms with E-state index in [2.05, 4.69) is 24.3 Å². The van der Waals surface area contributed by atoms with Gasteiger partial charge in [0, 0.05) is 0 Å². The highest BCUT2D eigenvalue weighted by Gasteiger charge is 2.30. The molecule has 3 heteroatoms. The Morgan fingerprint density at radius 2 is 1.71 bits per heavy atom. The lowest BCUT2D eigenvalue weighted by Gasteiger charge is -2.32. The minimum atomic E-state index is -0.588. The highest BCUT2D eigenvalue weighted by atomic mass is 16.5. The van der Waals surface area contributed by atoms with Crippen molar-refractivity contribution < 1.29 is 14.6 Å². The summed E-state index contributed by atoms with van der Waals surface area (Å²) < 4.78 is 10.7. The fourth-order valence-corrected chi connectivity index (χ4v) is 3.17. The SMILES string of the molecule is COc1cccc(OC)c1C(O)CC1Cc2ccccc21. The molecule has 0 amide bonds. The average molecular weight is 284 g/mol. The predicted octanol–water partition coefficient (Wildman–Crippen LogP) is 3.47. The summed E-state index contributed by atoms with van der Waals surface area (Å²) in [4.78, 5) is 0. The van der Waals surface area contributed by atoms with Gasteiger partial charge in [-0.1, -0.05) is 30.3 Å². The maximum atomic E-state index is 10.6. The van der Waals surface area contributed by atoms with Crippen LogP contribution >= 0.6 is 0 Å². The third-order valence-corrected chi connectivity index (χ3v) is 4.27. The van der Waals surface area contributed by atoms with Crippen molar-refractivity contribution in [1.82, 2.24) is 0 Å². The van der Waals surface area contributed by atoms with Crippen molar-refractivity contribution in [3.8, 4) is 11.5 Å². The Morgan fingerprint density at radius 3 is 2.33 bits per heavy atom. The van der Waals surface area contributed by atoms with Crippen LogP contribution in [0.5, 0.6) is 11.5 Å². The number of hydrogen-bond acceptors (Lipinski definition) is 3. The molecule has 1 aliphatic rings. The maximum absolute atomic E-state index is 10.6. The van der Waals surface area contributed by atoms with Gasteiger partial charge < -0.3 is 14.6 Å². The van der Waals surface area contributed by atoms with Crippen molar-refractivity contribution in [2.75, 3.05) is 14.2 Å². The van der Waals surface area contributed by atoms with E-state index in [1.807, 2.05) is 18.2 Å². The number of hydrogen-bond donors (Lipinski definition) is 1. The van der Waals surface area contributed by atoms with Crippen molar-refractivity contribution in [2.45, 2.75) is 24.9 Å². The third kappa shape index (κ3) is 2.49. The molecule has 3 rings (SSSR count). The van der Waals surface area contributed by atoms with Gasteiger partial charge in [-0.15, -0.1) is 0 Å². The van der Waals surface area contributed by atoms with Crippen LogP contribution in [0, 0.1) is 0 Å². The Kier molecular flexibility index (Phi) is 3.84. The summed E-state index contributed by atoms with van der Waals surface area (Å²) in [5.41, 5.74) is 3.49. The van der Waals surface area contributed by atoms with E-state index < -0.39 is 6.10 Å². The average Bonchev–Trinajstić information content (AvgIpc) is 2.51. The normalized spacial score (nSPS) is 17.6. The zero-order chi connectivity index (χ0) is 14.8. The first kappa shape index (κ1) is 14.0. The first-order chi connectivity index (χ1) is 10.2. The number of ether oxygens (including phenoxy) is 2. The van der Waals surface area contributed by atoms with E-state index in [4.69, 9.17) is 9.47 Å². The summed E-state index contributed by atoms with van der Waals surface area (Å²) in [6, 6.07) is 14.0. The van der Waals surface area contributed by atoms with Gasteiger partial charge in [0.2, 0.25) is 0 Å².